The summed E-state index contributed by atoms with van der Waals surface area (Å²) in [5, 5.41) is 8.74. The first-order valence-corrected chi connectivity index (χ1v) is 4.23. The molecule has 12 heavy (non-hydrogen) atoms. The summed E-state index contributed by atoms with van der Waals surface area (Å²) >= 11 is 0. The topological polar surface area (TPSA) is 46.5 Å². The molecular weight excluding hydrogens is 156 g/mol. The number of hydrogen-bond acceptors (Lipinski definition) is 3. The molecule has 1 heterocycles. The predicted octanol–water partition coefficient (Wildman–Crippen LogP) is 0.878. The van der Waals surface area contributed by atoms with E-state index in [2.05, 4.69) is 0 Å². The van der Waals surface area contributed by atoms with Crippen LogP contribution in [0.1, 0.15) is 19.8 Å². The molecule has 3 heteroatoms. The van der Waals surface area contributed by atoms with E-state index >= 15 is 0 Å². The largest absolute Gasteiger partial charge is 0.462 e. The fraction of sp³-hybridized carbons (Fsp3) is 0.667. The Bertz CT molecular complexity index is 194. The van der Waals surface area contributed by atoms with Crippen LogP contribution in [-0.4, -0.2) is 24.3 Å². The van der Waals surface area contributed by atoms with E-state index in [9.17, 15) is 4.79 Å². The maximum Gasteiger partial charge on any atom is 0.333 e. The van der Waals surface area contributed by atoms with Gasteiger partial charge in [0, 0.05) is 12.2 Å². The molecule has 1 rings (SSSR count). The van der Waals surface area contributed by atoms with Crippen molar-refractivity contribution in [3.8, 4) is 0 Å². The van der Waals surface area contributed by atoms with Crippen LogP contribution in [0.25, 0.3) is 0 Å². The molecule has 0 bridgehead atoms. The number of ether oxygens (including phenoxy) is 1. The molecule has 0 radical (unpaired) electrons. The third kappa shape index (κ3) is 1.85. The molecule has 0 amide bonds. The molecule has 0 spiro atoms. The van der Waals surface area contributed by atoms with Gasteiger partial charge in [-0.25, -0.2) is 4.79 Å². The van der Waals surface area contributed by atoms with E-state index in [0.29, 0.717) is 13.0 Å². The Balaban J connectivity index is 2.65. The highest BCUT2D eigenvalue weighted by atomic mass is 16.5. The average Bonchev–Trinajstić information content (AvgIpc) is 2.05. The van der Waals surface area contributed by atoms with Crippen LogP contribution in [0.15, 0.2) is 11.6 Å². The molecule has 1 saturated heterocycles. The highest BCUT2D eigenvalue weighted by Gasteiger charge is 2.25. The van der Waals surface area contributed by atoms with Crippen LogP contribution < -0.4 is 0 Å². The van der Waals surface area contributed by atoms with Crippen molar-refractivity contribution < 1.29 is 14.6 Å². The van der Waals surface area contributed by atoms with Gasteiger partial charge in [0.1, 0.15) is 0 Å². The number of aliphatic hydroxyl groups is 1. The quantitative estimate of drug-likeness (QED) is 0.494. The third-order valence-corrected chi connectivity index (χ3v) is 2.16. The Morgan fingerprint density at radius 1 is 1.75 bits per heavy atom. The summed E-state index contributed by atoms with van der Waals surface area (Å²) in [6.07, 6.45) is 3.28. The molecule has 1 aliphatic rings. The number of cyclic esters (lactones) is 1. The number of allylic oxidation sites excluding steroid dienone is 1. The predicted molar refractivity (Wildman–Crippen MR) is 44.5 cm³/mol. The second-order valence-corrected chi connectivity index (χ2v) is 2.88. The minimum Gasteiger partial charge on any atom is -0.462 e. The molecule has 3 nitrogen and oxygen atoms in total. The molecular formula is C9H14O3. The van der Waals surface area contributed by atoms with Gasteiger partial charge < -0.3 is 9.84 Å². The fourth-order valence-corrected chi connectivity index (χ4v) is 1.51. The highest BCUT2D eigenvalue weighted by molar-refractivity contribution is 5.89. The van der Waals surface area contributed by atoms with Gasteiger partial charge in [-0.3, -0.25) is 0 Å². The van der Waals surface area contributed by atoms with Crippen LogP contribution in [0.5, 0.6) is 0 Å². The summed E-state index contributed by atoms with van der Waals surface area (Å²) in [6.45, 7) is 2.45. The Labute approximate surface area is 72.0 Å². The normalized spacial score (nSPS) is 27.3. The standard InChI is InChI=1S/C9H14O3/c1-2-8-7(3-5-10)4-6-12-9(8)11/h2,7,10H,3-6H2,1H3/b8-2+/t7-/m0/s1. The van der Waals surface area contributed by atoms with Crippen molar-refractivity contribution in [2.24, 2.45) is 5.92 Å². The lowest BCUT2D eigenvalue weighted by molar-refractivity contribution is -0.142. The molecule has 1 aliphatic heterocycles. The van der Waals surface area contributed by atoms with E-state index in [-0.39, 0.29) is 18.5 Å². The Kier molecular flexibility index (Phi) is 3.29. The maximum atomic E-state index is 11.1. The lowest BCUT2D eigenvalue weighted by atomic mass is 9.91. The molecule has 0 aromatic rings. The lowest BCUT2D eigenvalue weighted by Gasteiger charge is -2.23. The van der Waals surface area contributed by atoms with Crippen molar-refractivity contribution in [1.29, 1.82) is 0 Å². The van der Waals surface area contributed by atoms with Crippen LogP contribution in [0, 0.1) is 5.92 Å². The number of hydrogen-bond donors (Lipinski definition) is 1. The van der Waals surface area contributed by atoms with E-state index in [1.165, 1.54) is 0 Å². The second kappa shape index (κ2) is 4.26. The first-order valence-electron chi connectivity index (χ1n) is 4.23. The van der Waals surface area contributed by atoms with Crippen LogP contribution in [-0.2, 0) is 9.53 Å². The molecule has 1 N–H and O–H groups in total. The molecule has 0 unspecified atom stereocenters. The van der Waals surface area contributed by atoms with Crippen molar-refractivity contribution >= 4 is 5.97 Å². The average molecular weight is 170 g/mol. The van der Waals surface area contributed by atoms with E-state index in [1.54, 1.807) is 6.08 Å². The summed E-state index contributed by atoms with van der Waals surface area (Å²) < 4.78 is 4.87. The number of rotatable bonds is 2. The summed E-state index contributed by atoms with van der Waals surface area (Å²) in [4.78, 5) is 11.1. The highest BCUT2D eigenvalue weighted by Crippen LogP contribution is 2.24. The van der Waals surface area contributed by atoms with Gasteiger partial charge in [0.05, 0.1) is 6.61 Å². The Morgan fingerprint density at radius 2 is 2.50 bits per heavy atom. The van der Waals surface area contributed by atoms with E-state index < -0.39 is 0 Å². The summed E-state index contributed by atoms with van der Waals surface area (Å²) in [7, 11) is 0. The molecule has 68 valence electrons. The fourth-order valence-electron chi connectivity index (χ4n) is 1.51. The van der Waals surface area contributed by atoms with Gasteiger partial charge in [0.2, 0.25) is 0 Å². The van der Waals surface area contributed by atoms with Gasteiger partial charge in [-0.15, -0.1) is 0 Å². The molecule has 1 fully saturated rings. The molecule has 0 aromatic heterocycles. The van der Waals surface area contributed by atoms with Crippen LogP contribution in [0.3, 0.4) is 0 Å². The minimum atomic E-state index is -0.220. The number of esters is 1. The smallest absolute Gasteiger partial charge is 0.333 e. The SMILES string of the molecule is C/C=C1/C(=O)OCC[C@@H]1CCO. The van der Waals surface area contributed by atoms with Crippen molar-refractivity contribution in [2.75, 3.05) is 13.2 Å². The van der Waals surface area contributed by atoms with E-state index in [0.717, 1.165) is 12.0 Å². The van der Waals surface area contributed by atoms with Crippen LogP contribution >= 0.6 is 0 Å². The van der Waals surface area contributed by atoms with Gasteiger partial charge in [0.25, 0.3) is 0 Å². The van der Waals surface area contributed by atoms with Crippen molar-refractivity contribution in [3.63, 3.8) is 0 Å². The molecule has 0 aliphatic carbocycles. The summed E-state index contributed by atoms with van der Waals surface area (Å²) in [5.41, 5.74) is 0.718. The third-order valence-electron chi connectivity index (χ3n) is 2.16. The number of carbonyl (C=O) groups is 1. The van der Waals surface area contributed by atoms with Gasteiger partial charge in [-0.2, -0.15) is 0 Å². The summed E-state index contributed by atoms with van der Waals surface area (Å²) in [6, 6.07) is 0. The summed E-state index contributed by atoms with van der Waals surface area (Å²) in [5.74, 6) is -0.0246. The lowest BCUT2D eigenvalue weighted by Crippen LogP contribution is -2.24. The van der Waals surface area contributed by atoms with Gasteiger partial charge >= 0.3 is 5.97 Å². The zero-order valence-corrected chi connectivity index (χ0v) is 7.25. The molecule has 1 atom stereocenters. The van der Waals surface area contributed by atoms with E-state index in [4.69, 9.17) is 9.84 Å². The Hall–Kier alpha value is -0.830. The van der Waals surface area contributed by atoms with E-state index in [1.807, 2.05) is 6.92 Å². The monoisotopic (exact) mass is 170 g/mol. The van der Waals surface area contributed by atoms with Crippen molar-refractivity contribution in [2.45, 2.75) is 19.8 Å². The maximum absolute atomic E-state index is 11.1. The van der Waals surface area contributed by atoms with Crippen LogP contribution in [0.4, 0.5) is 0 Å². The first kappa shape index (κ1) is 9.26. The van der Waals surface area contributed by atoms with Crippen molar-refractivity contribution in [3.05, 3.63) is 11.6 Å². The molecule has 0 aromatic carbocycles. The van der Waals surface area contributed by atoms with Crippen LogP contribution in [0.2, 0.25) is 0 Å². The van der Waals surface area contributed by atoms with Gasteiger partial charge in [-0.1, -0.05) is 6.08 Å². The number of carbonyl (C=O) groups excluding carboxylic acids is 1. The number of aliphatic hydroxyl groups excluding tert-OH is 1. The minimum absolute atomic E-state index is 0.134. The Morgan fingerprint density at radius 3 is 3.08 bits per heavy atom. The van der Waals surface area contributed by atoms with Crippen molar-refractivity contribution in [1.82, 2.24) is 0 Å². The zero-order chi connectivity index (χ0) is 8.97. The van der Waals surface area contributed by atoms with Gasteiger partial charge in [0.15, 0.2) is 0 Å². The molecule has 0 saturated carbocycles. The van der Waals surface area contributed by atoms with Gasteiger partial charge in [-0.05, 0) is 25.7 Å². The second-order valence-electron chi connectivity index (χ2n) is 2.88. The zero-order valence-electron chi connectivity index (χ0n) is 7.25. The first-order chi connectivity index (χ1) is 5.79.